The first-order valence-electron chi connectivity index (χ1n) is 5.80. The van der Waals surface area contributed by atoms with Crippen molar-refractivity contribution in [2.24, 2.45) is 5.92 Å². The van der Waals surface area contributed by atoms with E-state index in [1.807, 2.05) is 39.1 Å². The number of carbonyl (C=O) groups is 1. The smallest absolute Gasteiger partial charge is 0.228 e. The minimum absolute atomic E-state index is 0.0167. The Balaban J connectivity index is 2.73. The van der Waals surface area contributed by atoms with E-state index < -0.39 is 0 Å². The average molecular weight is 299 g/mol. The minimum Gasteiger partial charge on any atom is -0.326 e. The number of halogens is 1. The van der Waals surface area contributed by atoms with Crippen molar-refractivity contribution in [3.05, 3.63) is 28.2 Å². The highest BCUT2D eigenvalue weighted by Crippen LogP contribution is 2.20. The van der Waals surface area contributed by atoms with Crippen LogP contribution in [0.25, 0.3) is 0 Å². The number of amides is 1. The zero-order valence-corrected chi connectivity index (χ0v) is 12.1. The van der Waals surface area contributed by atoms with Gasteiger partial charge in [0.2, 0.25) is 5.91 Å². The molecule has 0 radical (unpaired) electrons. The van der Waals surface area contributed by atoms with Gasteiger partial charge in [0, 0.05) is 16.7 Å². The Kier molecular flexibility index (Phi) is 5.65. The van der Waals surface area contributed by atoms with Crippen LogP contribution in [-0.4, -0.2) is 19.5 Å². The molecule has 17 heavy (non-hydrogen) atoms. The lowest BCUT2D eigenvalue weighted by Crippen LogP contribution is -2.30. The Morgan fingerprint density at radius 3 is 2.71 bits per heavy atom. The van der Waals surface area contributed by atoms with Gasteiger partial charge in [-0.2, -0.15) is 0 Å². The highest BCUT2D eigenvalue weighted by molar-refractivity contribution is 9.10. The molecule has 94 valence electrons. The minimum atomic E-state index is 0.0167. The van der Waals surface area contributed by atoms with Crippen LogP contribution in [0.15, 0.2) is 22.7 Å². The molecule has 0 aliphatic heterocycles. The summed E-state index contributed by atoms with van der Waals surface area (Å²) in [4.78, 5) is 12.0. The first-order chi connectivity index (χ1) is 8.08. The fraction of sp³-hybridized carbons (Fsp3) is 0.462. The van der Waals surface area contributed by atoms with Crippen molar-refractivity contribution >= 4 is 27.5 Å². The van der Waals surface area contributed by atoms with E-state index in [1.165, 1.54) is 0 Å². The molecule has 0 bridgehead atoms. The van der Waals surface area contributed by atoms with Crippen LogP contribution in [-0.2, 0) is 4.79 Å². The van der Waals surface area contributed by atoms with Crippen LogP contribution in [0.5, 0.6) is 0 Å². The van der Waals surface area contributed by atoms with Crippen LogP contribution in [0.4, 0.5) is 5.69 Å². The summed E-state index contributed by atoms with van der Waals surface area (Å²) in [5.41, 5.74) is 1.94. The quantitative estimate of drug-likeness (QED) is 0.877. The van der Waals surface area contributed by atoms with Crippen molar-refractivity contribution in [1.82, 2.24) is 5.32 Å². The Hall–Kier alpha value is -0.870. The highest BCUT2D eigenvalue weighted by Gasteiger charge is 2.16. The molecular weight excluding hydrogens is 280 g/mol. The Morgan fingerprint density at radius 1 is 1.47 bits per heavy atom. The predicted molar refractivity (Wildman–Crippen MR) is 75.2 cm³/mol. The van der Waals surface area contributed by atoms with Gasteiger partial charge in [-0.05, 0) is 44.2 Å². The maximum absolute atomic E-state index is 12.0. The number of carbonyl (C=O) groups excluding carboxylic acids is 1. The molecule has 3 nitrogen and oxygen atoms in total. The Morgan fingerprint density at radius 2 is 2.18 bits per heavy atom. The van der Waals surface area contributed by atoms with Crippen LogP contribution in [0, 0.1) is 12.8 Å². The molecule has 4 heteroatoms. The summed E-state index contributed by atoms with van der Waals surface area (Å²) in [7, 11) is 1.86. The SMILES string of the molecule is CCC(CNC)C(=O)Nc1ccc(Br)cc1C. The molecule has 0 fully saturated rings. The summed E-state index contributed by atoms with van der Waals surface area (Å²) < 4.78 is 1.02. The van der Waals surface area contributed by atoms with Gasteiger partial charge in [-0.25, -0.2) is 0 Å². The molecule has 0 saturated carbocycles. The van der Waals surface area contributed by atoms with Gasteiger partial charge in [0.25, 0.3) is 0 Å². The third-order valence-corrected chi connectivity index (χ3v) is 3.25. The van der Waals surface area contributed by atoms with Crippen LogP contribution in [0.3, 0.4) is 0 Å². The summed E-state index contributed by atoms with van der Waals surface area (Å²) in [6.45, 7) is 4.72. The second-order valence-electron chi connectivity index (χ2n) is 4.11. The van der Waals surface area contributed by atoms with Crippen molar-refractivity contribution in [2.45, 2.75) is 20.3 Å². The van der Waals surface area contributed by atoms with Gasteiger partial charge in [-0.1, -0.05) is 22.9 Å². The molecule has 0 aromatic heterocycles. The number of aryl methyl sites for hydroxylation is 1. The second-order valence-corrected chi connectivity index (χ2v) is 5.03. The van der Waals surface area contributed by atoms with Crippen LogP contribution < -0.4 is 10.6 Å². The molecular formula is C13H19BrN2O. The van der Waals surface area contributed by atoms with Gasteiger partial charge in [0.05, 0.1) is 5.92 Å². The molecule has 2 N–H and O–H groups in total. The predicted octanol–water partition coefficient (Wildman–Crippen LogP) is 2.94. The van der Waals surface area contributed by atoms with E-state index >= 15 is 0 Å². The van der Waals surface area contributed by atoms with Crippen molar-refractivity contribution < 1.29 is 4.79 Å². The zero-order chi connectivity index (χ0) is 12.8. The van der Waals surface area contributed by atoms with Gasteiger partial charge in [-0.3, -0.25) is 4.79 Å². The third-order valence-electron chi connectivity index (χ3n) is 2.76. The first kappa shape index (κ1) is 14.2. The van der Waals surface area contributed by atoms with Crippen molar-refractivity contribution in [2.75, 3.05) is 18.9 Å². The molecule has 1 amide bonds. The Bertz CT molecular complexity index is 393. The summed E-state index contributed by atoms with van der Waals surface area (Å²) in [5.74, 6) is 0.0929. The van der Waals surface area contributed by atoms with Crippen LogP contribution in [0.2, 0.25) is 0 Å². The molecule has 0 heterocycles. The monoisotopic (exact) mass is 298 g/mol. The molecule has 0 saturated heterocycles. The average Bonchev–Trinajstić information content (AvgIpc) is 2.29. The van der Waals surface area contributed by atoms with Gasteiger partial charge in [-0.15, -0.1) is 0 Å². The molecule has 0 aliphatic rings. The van der Waals surface area contributed by atoms with E-state index in [0.717, 1.165) is 22.1 Å². The summed E-state index contributed by atoms with van der Waals surface area (Å²) in [6.07, 6.45) is 0.836. The summed E-state index contributed by atoms with van der Waals surface area (Å²) >= 11 is 3.41. The summed E-state index contributed by atoms with van der Waals surface area (Å²) in [5, 5.41) is 6.01. The van der Waals surface area contributed by atoms with E-state index in [1.54, 1.807) is 0 Å². The standard InChI is InChI=1S/C13H19BrN2O/c1-4-10(8-15-3)13(17)16-12-6-5-11(14)7-9(12)2/h5-7,10,15H,4,8H2,1-3H3,(H,16,17). The maximum atomic E-state index is 12.0. The number of nitrogens with one attached hydrogen (secondary N) is 2. The molecule has 0 spiro atoms. The zero-order valence-electron chi connectivity index (χ0n) is 10.5. The second kappa shape index (κ2) is 6.77. The number of benzene rings is 1. The largest absolute Gasteiger partial charge is 0.326 e. The number of hydrogen-bond donors (Lipinski definition) is 2. The lowest BCUT2D eigenvalue weighted by molar-refractivity contribution is -0.119. The van der Waals surface area contributed by atoms with E-state index in [9.17, 15) is 4.79 Å². The van der Waals surface area contributed by atoms with Crippen LogP contribution >= 0.6 is 15.9 Å². The lowest BCUT2D eigenvalue weighted by Gasteiger charge is -2.15. The topological polar surface area (TPSA) is 41.1 Å². The molecule has 1 aromatic rings. The van der Waals surface area contributed by atoms with Gasteiger partial charge in [0.15, 0.2) is 0 Å². The van der Waals surface area contributed by atoms with Gasteiger partial charge >= 0.3 is 0 Å². The van der Waals surface area contributed by atoms with E-state index in [-0.39, 0.29) is 11.8 Å². The molecule has 1 aromatic carbocycles. The highest BCUT2D eigenvalue weighted by atomic mass is 79.9. The van der Waals surface area contributed by atoms with Crippen molar-refractivity contribution in [3.63, 3.8) is 0 Å². The van der Waals surface area contributed by atoms with E-state index in [0.29, 0.717) is 6.54 Å². The fourth-order valence-electron chi connectivity index (χ4n) is 1.67. The fourth-order valence-corrected chi connectivity index (χ4v) is 2.15. The van der Waals surface area contributed by atoms with E-state index in [2.05, 4.69) is 26.6 Å². The van der Waals surface area contributed by atoms with Crippen molar-refractivity contribution in [1.29, 1.82) is 0 Å². The molecule has 1 unspecified atom stereocenters. The number of hydrogen-bond acceptors (Lipinski definition) is 2. The number of rotatable bonds is 5. The first-order valence-corrected chi connectivity index (χ1v) is 6.59. The van der Waals surface area contributed by atoms with Crippen molar-refractivity contribution in [3.8, 4) is 0 Å². The molecule has 0 aliphatic carbocycles. The summed E-state index contributed by atoms with van der Waals surface area (Å²) in [6, 6.07) is 5.85. The van der Waals surface area contributed by atoms with Crippen LogP contribution in [0.1, 0.15) is 18.9 Å². The number of anilines is 1. The molecule has 1 atom stereocenters. The Labute approximate surface area is 111 Å². The third kappa shape index (κ3) is 4.13. The normalized spacial score (nSPS) is 12.2. The molecule has 1 rings (SSSR count). The van der Waals surface area contributed by atoms with Gasteiger partial charge < -0.3 is 10.6 Å². The lowest BCUT2D eigenvalue weighted by atomic mass is 10.1. The van der Waals surface area contributed by atoms with E-state index in [4.69, 9.17) is 0 Å². The van der Waals surface area contributed by atoms with Gasteiger partial charge in [0.1, 0.15) is 0 Å². The maximum Gasteiger partial charge on any atom is 0.228 e.